The van der Waals surface area contributed by atoms with Gasteiger partial charge in [0, 0.05) is 24.2 Å². The van der Waals surface area contributed by atoms with E-state index in [1.165, 1.54) is 74.2 Å². The largest absolute Gasteiger partial charge is 0.356 e. The molecule has 0 aliphatic heterocycles. The minimum absolute atomic E-state index is 0.0707. The number of hydrogen-bond acceptors (Lipinski definition) is 4. The highest BCUT2D eigenvalue weighted by Crippen LogP contribution is 2.34. The number of amides is 2. The maximum Gasteiger partial charge on any atom is 0.356 e. The average Bonchev–Trinajstić information content (AvgIpc) is 2.88. The number of anilines is 2. The average molecular weight is 597 g/mol. The van der Waals surface area contributed by atoms with Gasteiger partial charge in [0.05, 0.1) is 10.6 Å². The fourth-order valence-corrected chi connectivity index (χ4v) is 5.34. The lowest BCUT2D eigenvalue weighted by Crippen LogP contribution is -2.12. The highest BCUT2D eigenvalue weighted by atomic mass is 31.2. The molecule has 0 aliphatic rings. The van der Waals surface area contributed by atoms with Crippen LogP contribution in [0, 0.1) is 0 Å². The topological polar surface area (TPSA) is 173 Å². The minimum Gasteiger partial charge on any atom is -0.326 e. The number of carbonyl (C=O) groups excluding carboxylic acids is 2. The molecule has 0 fully saturated rings. The van der Waals surface area contributed by atoms with Crippen LogP contribution in [0.15, 0.2) is 48.5 Å². The Morgan fingerprint density at radius 2 is 0.725 bits per heavy atom. The van der Waals surface area contributed by atoms with Crippen molar-refractivity contribution in [2.45, 2.75) is 89.9 Å². The zero-order valence-electron chi connectivity index (χ0n) is 22.8. The maximum absolute atomic E-state index is 12.0. The zero-order valence-corrected chi connectivity index (χ0v) is 24.6. The SMILES string of the molecule is O=C(CCCCCCCCCCCCCCC(=O)Nc1ccc(P(=O)(O)O)cc1)Nc1ccc(P(=O)(O)O)cc1. The van der Waals surface area contributed by atoms with Gasteiger partial charge in [-0.2, -0.15) is 0 Å². The molecule has 0 atom stereocenters. The summed E-state index contributed by atoms with van der Waals surface area (Å²) in [6.45, 7) is 0. The molecule has 40 heavy (non-hydrogen) atoms. The highest BCUT2D eigenvalue weighted by Gasteiger charge is 2.17. The molecular weight excluding hydrogens is 554 g/mol. The number of hydrogen-bond donors (Lipinski definition) is 6. The van der Waals surface area contributed by atoms with Crippen molar-refractivity contribution in [1.82, 2.24) is 0 Å². The molecule has 12 heteroatoms. The van der Waals surface area contributed by atoms with E-state index >= 15 is 0 Å². The first-order valence-electron chi connectivity index (χ1n) is 13.9. The van der Waals surface area contributed by atoms with E-state index < -0.39 is 15.2 Å². The molecule has 0 saturated heterocycles. The van der Waals surface area contributed by atoms with Crippen molar-refractivity contribution in [2.24, 2.45) is 0 Å². The van der Waals surface area contributed by atoms with Gasteiger partial charge in [-0.3, -0.25) is 18.7 Å². The predicted molar refractivity (Wildman–Crippen MR) is 158 cm³/mol. The fourth-order valence-electron chi connectivity index (χ4n) is 4.26. The van der Waals surface area contributed by atoms with Gasteiger partial charge in [0.2, 0.25) is 11.8 Å². The van der Waals surface area contributed by atoms with Crippen molar-refractivity contribution in [1.29, 1.82) is 0 Å². The summed E-state index contributed by atoms with van der Waals surface area (Å²) in [6.07, 6.45) is 13.8. The molecule has 2 amide bonds. The van der Waals surface area contributed by atoms with E-state index in [0.717, 1.165) is 51.4 Å². The summed E-state index contributed by atoms with van der Waals surface area (Å²) in [6, 6.07) is 11.3. The lowest BCUT2D eigenvalue weighted by atomic mass is 10.0. The number of unbranched alkanes of at least 4 members (excludes halogenated alkanes) is 11. The Kier molecular flexibility index (Phi) is 14.8. The van der Waals surface area contributed by atoms with Crippen LogP contribution in [-0.2, 0) is 18.7 Å². The van der Waals surface area contributed by atoms with Gasteiger partial charge < -0.3 is 30.2 Å². The van der Waals surface area contributed by atoms with Crippen LogP contribution in [0.4, 0.5) is 11.4 Å². The summed E-state index contributed by atoms with van der Waals surface area (Å²) in [7, 11) is -8.55. The number of rotatable bonds is 19. The van der Waals surface area contributed by atoms with Crippen LogP contribution >= 0.6 is 15.2 Å². The molecular formula is C28H42N2O8P2. The second-order valence-electron chi connectivity index (χ2n) is 10.0. The van der Waals surface area contributed by atoms with E-state index in [4.69, 9.17) is 19.6 Å². The summed E-state index contributed by atoms with van der Waals surface area (Å²) < 4.78 is 22.4. The Hall–Kier alpha value is -2.32. The Morgan fingerprint density at radius 1 is 0.475 bits per heavy atom. The standard InChI is InChI=1S/C28H42N2O8P2/c31-27(29-23-15-19-25(20-16-23)39(33,34)35)13-11-9-7-5-3-1-2-4-6-8-10-12-14-28(32)30-24-17-21-26(22-18-24)40(36,37)38/h15-22H,1-14H2,(H,29,31)(H,30,32)(H2,33,34,35)(H2,36,37,38). The predicted octanol–water partition coefficient (Wildman–Crippen LogP) is 5.33. The summed E-state index contributed by atoms with van der Waals surface area (Å²) in [5.41, 5.74) is 1.05. The summed E-state index contributed by atoms with van der Waals surface area (Å²) in [4.78, 5) is 60.5. The first kappa shape index (κ1) is 33.9. The van der Waals surface area contributed by atoms with E-state index in [0.29, 0.717) is 24.2 Å². The van der Waals surface area contributed by atoms with Crippen LogP contribution in [0.1, 0.15) is 89.9 Å². The zero-order chi connectivity index (χ0) is 29.4. The minimum atomic E-state index is -4.27. The van der Waals surface area contributed by atoms with Crippen molar-refractivity contribution >= 4 is 49.0 Å². The van der Waals surface area contributed by atoms with Gasteiger partial charge in [-0.15, -0.1) is 0 Å². The van der Waals surface area contributed by atoms with Gasteiger partial charge in [-0.05, 0) is 61.4 Å². The van der Waals surface area contributed by atoms with Crippen LogP contribution in [0.5, 0.6) is 0 Å². The first-order chi connectivity index (χ1) is 18.9. The summed E-state index contributed by atoms with van der Waals surface area (Å²) in [5.74, 6) is -0.195. The Morgan fingerprint density at radius 3 is 0.975 bits per heavy atom. The van der Waals surface area contributed by atoms with Crippen LogP contribution in [-0.4, -0.2) is 31.4 Å². The van der Waals surface area contributed by atoms with Crippen molar-refractivity contribution < 1.29 is 38.3 Å². The number of carbonyl (C=O) groups is 2. The van der Waals surface area contributed by atoms with E-state index in [-0.39, 0.29) is 22.4 Å². The molecule has 0 aliphatic carbocycles. The Labute approximate surface area is 236 Å². The van der Waals surface area contributed by atoms with Crippen LogP contribution in [0.25, 0.3) is 0 Å². The molecule has 10 nitrogen and oxygen atoms in total. The fraction of sp³-hybridized carbons (Fsp3) is 0.500. The van der Waals surface area contributed by atoms with Crippen LogP contribution < -0.4 is 21.2 Å². The van der Waals surface area contributed by atoms with Gasteiger partial charge in [0.15, 0.2) is 0 Å². The Balaban J connectivity index is 1.38. The lowest BCUT2D eigenvalue weighted by molar-refractivity contribution is -0.117. The lowest BCUT2D eigenvalue weighted by Gasteiger charge is -2.08. The molecule has 0 saturated carbocycles. The molecule has 0 unspecified atom stereocenters. The van der Waals surface area contributed by atoms with Gasteiger partial charge in [-0.25, -0.2) is 0 Å². The molecule has 0 spiro atoms. The third-order valence-corrected chi connectivity index (χ3v) is 8.47. The molecule has 2 aromatic rings. The molecule has 0 bridgehead atoms. The van der Waals surface area contributed by atoms with E-state index in [9.17, 15) is 18.7 Å². The first-order valence-corrected chi connectivity index (χ1v) is 17.1. The molecule has 6 N–H and O–H groups in total. The maximum atomic E-state index is 12.0. The van der Waals surface area contributed by atoms with Gasteiger partial charge in [0.25, 0.3) is 0 Å². The van der Waals surface area contributed by atoms with Crippen LogP contribution in [0.2, 0.25) is 0 Å². The Bertz CT molecular complexity index is 1050. The molecule has 222 valence electrons. The number of nitrogens with one attached hydrogen (secondary N) is 2. The van der Waals surface area contributed by atoms with Crippen molar-refractivity contribution in [2.75, 3.05) is 10.6 Å². The molecule has 0 heterocycles. The number of benzene rings is 2. The van der Waals surface area contributed by atoms with Gasteiger partial charge in [-0.1, -0.05) is 64.2 Å². The van der Waals surface area contributed by atoms with E-state index in [1.807, 2.05) is 0 Å². The summed E-state index contributed by atoms with van der Waals surface area (Å²) in [5, 5.41) is 5.36. The second-order valence-corrected chi connectivity index (χ2v) is 13.2. The van der Waals surface area contributed by atoms with Crippen molar-refractivity contribution in [3.8, 4) is 0 Å². The van der Waals surface area contributed by atoms with Crippen LogP contribution in [0.3, 0.4) is 0 Å². The highest BCUT2D eigenvalue weighted by molar-refractivity contribution is 7.60. The smallest absolute Gasteiger partial charge is 0.326 e. The third-order valence-electron chi connectivity index (χ3n) is 6.53. The quantitative estimate of drug-likeness (QED) is 0.0932. The van der Waals surface area contributed by atoms with Crippen molar-refractivity contribution in [3.05, 3.63) is 48.5 Å². The van der Waals surface area contributed by atoms with E-state index in [1.54, 1.807) is 0 Å². The van der Waals surface area contributed by atoms with Crippen molar-refractivity contribution in [3.63, 3.8) is 0 Å². The normalized spacial score (nSPS) is 11.8. The van der Waals surface area contributed by atoms with Gasteiger partial charge >= 0.3 is 15.2 Å². The van der Waals surface area contributed by atoms with E-state index in [2.05, 4.69) is 10.6 Å². The molecule has 2 rings (SSSR count). The molecule has 2 aromatic carbocycles. The molecule has 0 aromatic heterocycles. The monoisotopic (exact) mass is 596 g/mol. The third kappa shape index (κ3) is 14.4. The second kappa shape index (κ2) is 17.5. The molecule has 0 radical (unpaired) electrons. The summed E-state index contributed by atoms with van der Waals surface area (Å²) >= 11 is 0. The van der Waals surface area contributed by atoms with Gasteiger partial charge in [0.1, 0.15) is 0 Å².